The first kappa shape index (κ1) is 45.9. The SMILES string of the molecule is c1ccc(-c2ccc(N3c4ccccc4B4c5c(cc(-c6ccccc6)cc53)-c3c5c6ccccc6n6c5c(c5c7ccccc7n4c35)-c3cc(-c4ccccc4)cc4c3B6c3ccccc3N4c3ccc(-c4ccccc4)cc3)cc2)cc1. The van der Waals surface area contributed by atoms with Crippen LogP contribution in [-0.4, -0.2) is 22.7 Å². The van der Waals surface area contributed by atoms with Gasteiger partial charge in [-0.2, -0.15) is 0 Å². The summed E-state index contributed by atoms with van der Waals surface area (Å²) in [5.41, 5.74) is 32.0. The van der Waals surface area contributed by atoms with Crippen molar-refractivity contribution in [3.63, 3.8) is 0 Å². The average molecular weight is 1060 g/mol. The summed E-state index contributed by atoms with van der Waals surface area (Å²) >= 11 is 0. The molecule has 4 aliphatic heterocycles. The number of anilines is 6. The summed E-state index contributed by atoms with van der Waals surface area (Å²) < 4.78 is 5.53. The van der Waals surface area contributed by atoms with Crippen molar-refractivity contribution < 1.29 is 0 Å². The van der Waals surface area contributed by atoms with Gasteiger partial charge in [0.2, 0.25) is 0 Å². The standard InChI is InChI=1S/C78H48B2N4/c1-5-21-49(22-6-1)53-37-41-57(42-38-53)81-67-35-19-15-31-63(67)79-75-61(45-55(47-69(75)81)51-25-9-3-10-26-51)73-71-60-30-14-18-34-66(60)84-78(71)74(72-59-29-13-17-33-65(59)83(79)77(72)73)62-46-56(52-27-11-4-12-28-52)48-70-76(62)80(84)64-32-16-20-36-68(64)82(70)58-43-39-54(40-44-58)50-23-7-2-8-24-50/h1-48H. The van der Waals surface area contributed by atoms with Crippen molar-refractivity contribution in [1.29, 1.82) is 0 Å². The number of hydrogen-bond donors (Lipinski definition) is 0. The molecule has 0 saturated heterocycles. The van der Waals surface area contributed by atoms with Gasteiger partial charge >= 0.3 is 13.7 Å². The van der Waals surface area contributed by atoms with Crippen molar-refractivity contribution >= 4 is 113 Å². The average Bonchev–Trinajstić information content (AvgIpc) is 1.46. The largest absolute Gasteiger partial charge is 0.375 e. The second-order valence-corrected chi connectivity index (χ2v) is 23.0. The number of hydrogen-bond acceptors (Lipinski definition) is 2. The van der Waals surface area contributed by atoms with Gasteiger partial charge in [-0.15, -0.1) is 0 Å². The van der Waals surface area contributed by atoms with Gasteiger partial charge in [0.05, 0.1) is 0 Å². The van der Waals surface area contributed by atoms with Gasteiger partial charge in [0.25, 0.3) is 0 Å². The molecule has 386 valence electrons. The molecule has 0 atom stereocenters. The molecule has 0 unspecified atom stereocenters. The molecule has 0 fully saturated rings. The lowest BCUT2D eigenvalue weighted by molar-refractivity contribution is 1.25. The highest BCUT2D eigenvalue weighted by molar-refractivity contribution is 6.92. The van der Waals surface area contributed by atoms with E-state index < -0.39 is 0 Å². The van der Waals surface area contributed by atoms with Crippen molar-refractivity contribution in [2.24, 2.45) is 0 Å². The molecular formula is C78H48B2N4. The van der Waals surface area contributed by atoms with Crippen molar-refractivity contribution in [2.75, 3.05) is 9.80 Å². The van der Waals surface area contributed by atoms with E-state index in [1.165, 1.54) is 155 Å². The Morgan fingerprint density at radius 2 is 0.571 bits per heavy atom. The monoisotopic (exact) mass is 1060 g/mol. The van der Waals surface area contributed by atoms with Gasteiger partial charge in [0.1, 0.15) is 0 Å². The molecule has 0 N–H and O–H groups in total. The topological polar surface area (TPSA) is 16.3 Å². The minimum absolute atomic E-state index is 0.133. The van der Waals surface area contributed by atoms with Gasteiger partial charge in [-0.1, -0.05) is 218 Å². The first-order valence-corrected chi connectivity index (χ1v) is 29.3. The summed E-state index contributed by atoms with van der Waals surface area (Å²) in [4.78, 5) is 5.11. The fourth-order valence-electron chi connectivity index (χ4n) is 15.4. The molecule has 0 spiro atoms. The number of fused-ring (bicyclic) bond motifs is 16. The first-order valence-electron chi connectivity index (χ1n) is 29.3. The van der Waals surface area contributed by atoms with E-state index in [1.54, 1.807) is 0 Å². The van der Waals surface area contributed by atoms with Crippen LogP contribution in [0.2, 0.25) is 0 Å². The van der Waals surface area contributed by atoms with E-state index in [9.17, 15) is 0 Å². The van der Waals surface area contributed by atoms with E-state index in [0.29, 0.717) is 0 Å². The van der Waals surface area contributed by atoms with Gasteiger partial charge < -0.3 is 18.8 Å². The third-order valence-corrected chi connectivity index (χ3v) is 18.8. The molecule has 6 heteroatoms. The Morgan fingerprint density at radius 1 is 0.250 bits per heavy atom. The lowest BCUT2D eigenvalue weighted by atomic mass is 9.44. The van der Waals surface area contributed by atoms with E-state index in [1.807, 2.05) is 0 Å². The van der Waals surface area contributed by atoms with E-state index in [4.69, 9.17) is 0 Å². The first-order chi connectivity index (χ1) is 41.7. The third-order valence-electron chi connectivity index (χ3n) is 18.8. The summed E-state index contributed by atoms with van der Waals surface area (Å²) in [7, 11) is 0. The number of para-hydroxylation sites is 4. The quantitative estimate of drug-likeness (QED) is 0.154. The zero-order valence-electron chi connectivity index (χ0n) is 45.7. The number of rotatable bonds is 6. The lowest BCUT2D eigenvalue weighted by Crippen LogP contribution is -2.57. The van der Waals surface area contributed by atoms with E-state index in [2.05, 4.69) is 310 Å². The predicted molar refractivity (Wildman–Crippen MR) is 355 cm³/mol. The van der Waals surface area contributed by atoms with E-state index >= 15 is 0 Å². The molecule has 0 bridgehead atoms. The molecule has 0 aliphatic carbocycles. The second kappa shape index (κ2) is 17.4. The van der Waals surface area contributed by atoms with Crippen LogP contribution < -0.4 is 31.7 Å². The minimum Gasteiger partial charge on any atom is -0.375 e. The third kappa shape index (κ3) is 6.23. The Balaban J connectivity index is 0.972. The number of benzene rings is 13. The van der Waals surface area contributed by atoms with Crippen LogP contribution in [0.5, 0.6) is 0 Å². The molecule has 0 amide bonds. The fraction of sp³-hybridized carbons (Fsp3) is 0. The summed E-state index contributed by atoms with van der Waals surface area (Å²) in [6.45, 7) is -0.267. The van der Waals surface area contributed by atoms with Crippen LogP contribution in [0.4, 0.5) is 34.1 Å². The maximum absolute atomic E-state index is 2.76. The summed E-state index contributed by atoms with van der Waals surface area (Å²) in [6, 6.07) is 109. The Morgan fingerprint density at radius 3 is 0.964 bits per heavy atom. The molecule has 6 heterocycles. The van der Waals surface area contributed by atoms with Crippen LogP contribution >= 0.6 is 0 Å². The Bertz CT molecular complexity index is 4910. The van der Waals surface area contributed by atoms with Crippen LogP contribution in [0, 0.1) is 0 Å². The van der Waals surface area contributed by atoms with Crippen LogP contribution in [0.25, 0.3) is 110 Å². The molecule has 0 radical (unpaired) electrons. The van der Waals surface area contributed by atoms with Crippen LogP contribution in [0.15, 0.2) is 291 Å². The van der Waals surface area contributed by atoms with Gasteiger partial charge in [0, 0.05) is 88.9 Å². The molecule has 4 aliphatic rings. The van der Waals surface area contributed by atoms with Crippen molar-refractivity contribution in [3.8, 4) is 66.8 Å². The zero-order valence-corrected chi connectivity index (χ0v) is 45.7. The number of nitrogens with zero attached hydrogens (tertiary/aromatic N) is 4. The van der Waals surface area contributed by atoms with E-state index in [-0.39, 0.29) is 13.7 Å². The predicted octanol–water partition coefficient (Wildman–Crippen LogP) is 17.4. The van der Waals surface area contributed by atoms with Gasteiger partial charge in [0.15, 0.2) is 0 Å². The molecular weight excluding hydrogens is 1010 g/mol. The lowest BCUT2D eigenvalue weighted by Gasteiger charge is -2.42. The highest BCUT2D eigenvalue weighted by atomic mass is 15.2. The molecule has 2 aromatic heterocycles. The van der Waals surface area contributed by atoms with Crippen LogP contribution in [0.1, 0.15) is 0 Å². The normalized spacial score (nSPS) is 13.1. The van der Waals surface area contributed by atoms with Crippen molar-refractivity contribution in [1.82, 2.24) is 8.96 Å². The maximum Gasteiger partial charge on any atom is 0.333 e. The molecule has 0 saturated carbocycles. The Labute approximate surface area is 487 Å². The molecule has 15 aromatic rings. The smallest absolute Gasteiger partial charge is 0.333 e. The fourth-order valence-corrected chi connectivity index (χ4v) is 15.4. The molecule has 13 aromatic carbocycles. The molecule has 4 nitrogen and oxygen atoms in total. The molecule has 19 rings (SSSR count). The van der Waals surface area contributed by atoms with Crippen LogP contribution in [-0.2, 0) is 0 Å². The van der Waals surface area contributed by atoms with Crippen molar-refractivity contribution in [3.05, 3.63) is 291 Å². The van der Waals surface area contributed by atoms with Crippen molar-refractivity contribution in [2.45, 2.75) is 0 Å². The van der Waals surface area contributed by atoms with Gasteiger partial charge in [-0.05, 0) is 150 Å². The Kier molecular flexibility index (Phi) is 9.48. The summed E-state index contributed by atoms with van der Waals surface area (Å²) in [5, 5.41) is 5.13. The van der Waals surface area contributed by atoms with Gasteiger partial charge in [-0.25, -0.2) is 0 Å². The second-order valence-electron chi connectivity index (χ2n) is 23.0. The molecule has 84 heavy (non-hydrogen) atoms. The summed E-state index contributed by atoms with van der Waals surface area (Å²) in [5.74, 6) is 0. The minimum atomic E-state index is -0.133. The summed E-state index contributed by atoms with van der Waals surface area (Å²) in [6.07, 6.45) is 0. The van der Waals surface area contributed by atoms with Crippen LogP contribution in [0.3, 0.4) is 0 Å². The highest BCUT2D eigenvalue weighted by Gasteiger charge is 2.48. The van der Waals surface area contributed by atoms with E-state index in [0.717, 1.165) is 11.4 Å². The maximum atomic E-state index is 2.76. The zero-order chi connectivity index (χ0) is 54.7. The number of aromatic nitrogens is 2. The van der Waals surface area contributed by atoms with Gasteiger partial charge in [-0.3, -0.25) is 0 Å². The Hall–Kier alpha value is -10.8. The highest BCUT2D eigenvalue weighted by Crippen LogP contribution is 2.57.